The SMILES string of the molecule is O=C(COc1cccc2ncccc12)N1CCNCC1. The predicted molar refractivity (Wildman–Crippen MR) is 76.7 cm³/mol. The third-order valence-electron chi connectivity index (χ3n) is 3.43. The maximum atomic E-state index is 12.1. The molecule has 2 heterocycles. The number of nitrogens with zero attached hydrogens (tertiary/aromatic N) is 2. The fourth-order valence-electron chi connectivity index (χ4n) is 2.35. The van der Waals surface area contributed by atoms with E-state index in [9.17, 15) is 4.79 Å². The summed E-state index contributed by atoms with van der Waals surface area (Å²) in [4.78, 5) is 18.2. The molecule has 1 aliphatic heterocycles. The van der Waals surface area contributed by atoms with Crippen molar-refractivity contribution in [2.24, 2.45) is 0 Å². The van der Waals surface area contributed by atoms with Crippen LogP contribution in [0.3, 0.4) is 0 Å². The van der Waals surface area contributed by atoms with E-state index in [0.717, 1.165) is 37.1 Å². The van der Waals surface area contributed by atoms with Crippen molar-refractivity contribution < 1.29 is 9.53 Å². The van der Waals surface area contributed by atoms with Gasteiger partial charge >= 0.3 is 0 Å². The topological polar surface area (TPSA) is 54.5 Å². The van der Waals surface area contributed by atoms with Gasteiger partial charge in [-0.1, -0.05) is 6.07 Å². The molecule has 1 aromatic carbocycles. The lowest BCUT2D eigenvalue weighted by molar-refractivity contribution is -0.133. The lowest BCUT2D eigenvalue weighted by Gasteiger charge is -2.27. The Hall–Kier alpha value is -2.14. The molecule has 1 saturated heterocycles. The number of pyridine rings is 1. The van der Waals surface area contributed by atoms with Gasteiger partial charge in [0.25, 0.3) is 5.91 Å². The average molecular weight is 271 g/mol. The second kappa shape index (κ2) is 5.88. The highest BCUT2D eigenvalue weighted by atomic mass is 16.5. The summed E-state index contributed by atoms with van der Waals surface area (Å²) < 4.78 is 5.68. The van der Waals surface area contributed by atoms with Gasteiger partial charge in [-0.2, -0.15) is 0 Å². The lowest BCUT2D eigenvalue weighted by Crippen LogP contribution is -2.47. The Kier molecular flexibility index (Phi) is 3.78. The number of ether oxygens (including phenoxy) is 1. The van der Waals surface area contributed by atoms with Gasteiger partial charge in [0.1, 0.15) is 5.75 Å². The number of piperazine rings is 1. The second-order valence-electron chi connectivity index (χ2n) is 4.75. The summed E-state index contributed by atoms with van der Waals surface area (Å²) in [6.45, 7) is 3.28. The van der Waals surface area contributed by atoms with Crippen LogP contribution in [0.5, 0.6) is 5.75 Å². The van der Waals surface area contributed by atoms with Gasteiger partial charge in [0.05, 0.1) is 5.52 Å². The van der Waals surface area contributed by atoms with Crippen molar-refractivity contribution in [3.63, 3.8) is 0 Å². The van der Waals surface area contributed by atoms with Crippen LogP contribution in [0.25, 0.3) is 10.9 Å². The van der Waals surface area contributed by atoms with Crippen molar-refractivity contribution in [1.82, 2.24) is 15.2 Å². The molecule has 104 valence electrons. The Morgan fingerprint density at radius 2 is 2.10 bits per heavy atom. The third-order valence-corrected chi connectivity index (χ3v) is 3.43. The van der Waals surface area contributed by atoms with Gasteiger partial charge in [-0.15, -0.1) is 0 Å². The molecule has 20 heavy (non-hydrogen) atoms. The van der Waals surface area contributed by atoms with Crippen LogP contribution < -0.4 is 10.1 Å². The smallest absolute Gasteiger partial charge is 0.260 e. The van der Waals surface area contributed by atoms with Gasteiger partial charge in [0.15, 0.2) is 6.61 Å². The van der Waals surface area contributed by atoms with Gasteiger partial charge in [-0.3, -0.25) is 9.78 Å². The van der Waals surface area contributed by atoms with Crippen LogP contribution in [0.1, 0.15) is 0 Å². The summed E-state index contributed by atoms with van der Waals surface area (Å²) in [6, 6.07) is 9.51. The molecule has 0 bridgehead atoms. The zero-order valence-corrected chi connectivity index (χ0v) is 11.2. The fourth-order valence-corrected chi connectivity index (χ4v) is 2.35. The minimum absolute atomic E-state index is 0.0346. The van der Waals surface area contributed by atoms with E-state index < -0.39 is 0 Å². The summed E-state index contributed by atoms with van der Waals surface area (Å²) in [5, 5.41) is 4.16. The molecule has 1 aromatic heterocycles. The molecule has 1 aliphatic rings. The molecule has 1 amide bonds. The predicted octanol–water partition coefficient (Wildman–Crippen LogP) is 1.05. The number of carbonyl (C=O) groups excluding carboxylic acids is 1. The van der Waals surface area contributed by atoms with Crippen molar-refractivity contribution in [2.75, 3.05) is 32.8 Å². The number of fused-ring (bicyclic) bond motifs is 1. The average Bonchev–Trinajstić information content (AvgIpc) is 2.53. The van der Waals surface area contributed by atoms with Crippen molar-refractivity contribution in [3.05, 3.63) is 36.5 Å². The maximum absolute atomic E-state index is 12.1. The highest BCUT2D eigenvalue weighted by molar-refractivity contribution is 5.85. The van der Waals surface area contributed by atoms with Crippen LogP contribution >= 0.6 is 0 Å². The Labute approximate surface area is 117 Å². The Morgan fingerprint density at radius 1 is 1.25 bits per heavy atom. The molecule has 0 spiro atoms. The highest BCUT2D eigenvalue weighted by Crippen LogP contribution is 2.23. The summed E-state index contributed by atoms with van der Waals surface area (Å²) in [5.41, 5.74) is 0.875. The first-order valence-corrected chi connectivity index (χ1v) is 6.79. The van der Waals surface area contributed by atoms with Crippen LogP contribution in [0.15, 0.2) is 36.5 Å². The first-order valence-electron chi connectivity index (χ1n) is 6.79. The fraction of sp³-hybridized carbons (Fsp3) is 0.333. The number of hydrogen-bond donors (Lipinski definition) is 1. The Bertz CT molecular complexity index is 604. The monoisotopic (exact) mass is 271 g/mol. The Balaban J connectivity index is 1.69. The van der Waals surface area contributed by atoms with Crippen LogP contribution in [0, 0.1) is 0 Å². The minimum atomic E-state index is 0.0346. The zero-order chi connectivity index (χ0) is 13.8. The number of hydrogen-bond acceptors (Lipinski definition) is 4. The van der Waals surface area contributed by atoms with Gasteiger partial charge in [-0.05, 0) is 24.3 Å². The highest BCUT2D eigenvalue weighted by Gasteiger charge is 2.16. The summed E-state index contributed by atoms with van der Waals surface area (Å²) in [6.07, 6.45) is 1.75. The van der Waals surface area contributed by atoms with Gasteiger partial charge in [0.2, 0.25) is 0 Å². The molecule has 1 fully saturated rings. The van der Waals surface area contributed by atoms with Crippen molar-refractivity contribution in [1.29, 1.82) is 0 Å². The Morgan fingerprint density at radius 3 is 2.95 bits per heavy atom. The van der Waals surface area contributed by atoms with Crippen molar-refractivity contribution in [3.8, 4) is 5.75 Å². The standard InChI is InChI=1S/C15H17N3O2/c19-15(18-9-7-16-8-10-18)11-20-14-5-1-4-13-12(14)3-2-6-17-13/h1-6,16H,7-11H2. The molecule has 0 radical (unpaired) electrons. The first-order chi connectivity index (χ1) is 9.84. The number of carbonyl (C=O) groups is 1. The minimum Gasteiger partial charge on any atom is -0.483 e. The molecule has 5 heteroatoms. The number of amides is 1. The van der Waals surface area contributed by atoms with Crippen LogP contribution in [0.4, 0.5) is 0 Å². The molecule has 0 unspecified atom stereocenters. The van der Waals surface area contributed by atoms with E-state index in [1.165, 1.54) is 0 Å². The second-order valence-corrected chi connectivity index (χ2v) is 4.75. The van der Waals surface area contributed by atoms with Crippen molar-refractivity contribution in [2.45, 2.75) is 0 Å². The molecule has 5 nitrogen and oxygen atoms in total. The number of aromatic nitrogens is 1. The van der Waals surface area contributed by atoms with Crippen LogP contribution in [-0.4, -0.2) is 48.6 Å². The van der Waals surface area contributed by atoms with E-state index in [1.807, 2.05) is 35.2 Å². The van der Waals surface area contributed by atoms with E-state index in [1.54, 1.807) is 6.20 Å². The molecule has 0 saturated carbocycles. The molecule has 0 atom stereocenters. The molecule has 3 rings (SSSR count). The number of benzene rings is 1. The maximum Gasteiger partial charge on any atom is 0.260 e. The van der Waals surface area contributed by atoms with Crippen molar-refractivity contribution >= 4 is 16.8 Å². The number of rotatable bonds is 3. The van der Waals surface area contributed by atoms with Gasteiger partial charge in [-0.25, -0.2) is 0 Å². The lowest BCUT2D eigenvalue weighted by atomic mass is 10.2. The first kappa shape index (κ1) is 12.9. The largest absolute Gasteiger partial charge is 0.483 e. The summed E-state index contributed by atoms with van der Waals surface area (Å²) in [7, 11) is 0. The molecular formula is C15H17N3O2. The van der Waals surface area contributed by atoms with Crippen LogP contribution in [-0.2, 0) is 4.79 Å². The van der Waals surface area contributed by atoms with E-state index in [0.29, 0.717) is 5.75 Å². The van der Waals surface area contributed by atoms with E-state index in [2.05, 4.69) is 10.3 Å². The number of nitrogens with one attached hydrogen (secondary N) is 1. The van der Waals surface area contributed by atoms with Gasteiger partial charge in [0, 0.05) is 37.8 Å². The van der Waals surface area contributed by atoms with E-state index in [4.69, 9.17) is 4.74 Å². The summed E-state index contributed by atoms with van der Waals surface area (Å²) >= 11 is 0. The van der Waals surface area contributed by atoms with Gasteiger partial charge < -0.3 is 15.0 Å². The normalized spacial score (nSPS) is 15.3. The molecule has 0 aliphatic carbocycles. The molecule has 1 N–H and O–H groups in total. The third kappa shape index (κ3) is 2.72. The zero-order valence-electron chi connectivity index (χ0n) is 11.2. The van der Waals surface area contributed by atoms with E-state index >= 15 is 0 Å². The van der Waals surface area contributed by atoms with E-state index in [-0.39, 0.29) is 12.5 Å². The summed E-state index contributed by atoms with van der Waals surface area (Å²) in [5.74, 6) is 0.742. The quantitative estimate of drug-likeness (QED) is 0.906. The van der Waals surface area contributed by atoms with Crippen LogP contribution in [0.2, 0.25) is 0 Å². The molecular weight excluding hydrogens is 254 g/mol. The molecule has 2 aromatic rings.